The van der Waals surface area contributed by atoms with Gasteiger partial charge in [-0.1, -0.05) is 104 Å². The maximum absolute atomic E-state index is 14.8. The number of ketones is 1. The number of carbonyl (C=O) groups is 1. The van der Waals surface area contributed by atoms with E-state index in [1.165, 1.54) is 0 Å². The number of benzene rings is 3. The molecule has 0 aliphatic carbocycles. The Kier molecular flexibility index (Phi) is 6.11. The third kappa shape index (κ3) is 3.79. The molecule has 0 saturated heterocycles. The van der Waals surface area contributed by atoms with Crippen LogP contribution >= 0.6 is 7.14 Å². The molecule has 3 aromatic carbocycles. The smallest absolute Gasteiger partial charge is 0.169 e. The fraction of sp³-hybridized carbons (Fsp3) is 0.160. The monoisotopic (exact) mass is 388 g/mol. The second kappa shape index (κ2) is 8.54. The Balaban J connectivity index is 2.28. The molecule has 0 N–H and O–H groups in total. The Morgan fingerprint density at radius 2 is 1.18 bits per heavy atom. The molecule has 2 nitrogen and oxygen atoms in total. The molecule has 0 bridgehead atoms. The summed E-state index contributed by atoms with van der Waals surface area (Å²) >= 11 is 0. The van der Waals surface area contributed by atoms with E-state index in [1.54, 1.807) is 6.92 Å². The number of allylic oxidation sites excluding steroid dienone is 1. The van der Waals surface area contributed by atoms with Crippen LogP contribution < -0.4 is 10.6 Å². The highest BCUT2D eigenvalue weighted by Gasteiger charge is 2.44. The summed E-state index contributed by atoms with van der Waals surface area (Å²) in [4.78, 5) is 13.4. The molecular formula is C25H25O2P. The van der Waals surface area contributed by atoms with Crippen LogP contribution in [0.5, 0.6) is 0 Å². The zero-order chi connectivity index (χ0) is 20.1. The topological polar surface area (TPSA) is 34.1 Å². The van der Waals surface area contributed by atoms with Crippen LogP contribution in [-0.4, -0.2) is 11.4 Å². The third-order valence-corrected chi connectivity index (χ3v) is 8.76. The normalized spacial score (nSPS) is 13.5. The average Bonchev–Trinajstić information content (AvgIpc) is 2.75. The van der Waals surface area contributed by atoms with E-state index in [0.717, 1.165) is 5.56 Å². The number of carbonyl (C=O) groups excluding carboxylic acids is 1. The van der Waals surface area contributed by atoms with Crippen molar-refractivity contribution in [3.05, 3.63) is 109 Å². The van der Waals surface area contributed by atoms with Crippen molar-refractivity contribution in [2.75, 3.05) is 0 Å². The highest BCUT2D eigenvalue weighted by atomic mass is 31.2. The second-order valence-corrected chi connectivity index (χ2v) is 10.0. The van der Waals surface area contributed by atoms with Crippen molar-refractivity contribution in [1.82, 2.24) is 0 Å². The highest BCUT2D eigenvalue weighted by molar-refractivity contribution is 7.80. The Hall–Kier alpha value is -2.70. The van der Waals surface area contributed by atoms with Gasteiger partial charge in [0.2, 0.25) is 0 Å². The van der Waals surface area contributed by atoms with Crippen molar-refractivity contribution in [3.8, 4) is 0 Å². The molecule has 0 aliphatic heterocycles. The van der Waals surface area contributed by atoms with Crippen molar-refractivity contribution in [3.63, 3.8) is 0 Å². The quantitative estimate of drug-likeness (QED) is 0.406. The van der Waals surface area contributed by atoms with E-state index in [2.05, 4.69) is 6.58 Å². The van der Waals surface area contributed by atoms with Crippen molar-refractivity contribution in [2.45, 2.75) is 25.4 Å². The molecule has 0 saturated carbocycles. The van der Waals surface area contributed by atoms with Gasteiger partial charge in [-0.25, -0.2) is 0 Å². The van der Waals surface area contributed by atoms with Gasteiger partial charge in [-0.2, -0.15) is 0 Å². The number of Topliss-reactive ketones (excluding diaryl/α,β-unsaturated/α-hetero) is 1. The molecule has 0 spiro atoms. The van der Waals surface area contributed by atoms with Crippen LogP contribution in [0.15, 0.2) is 103 Å². The van der Waals surface area contributed by atoms with Crippen LogP contribution in [-0.2, 0) is 9.36 Å². The van der Waals surface area contributed by atoms with Gasteiger partial charge in [0.1, 0.15) is 0 Å². The van der Waals surface area contributed by atoms with E-state index in [1.807, 2.05) is 97.9 Å². The minimum Gasteiger partial charge on any atom is -0.313 e. The number of hydrogen-bond acceptors (Lipinski definition) is 2. The standard InChI is InChI=1S/C25H25O2P/c1-19(2)24(26)25(20(3)21-13-7-4-8-14-21)28(27,22-15-9-5-10-16-22)23-17-11-6-12-18-23/h4-18,20,25H,1H2,2-3H3/t20-,25+/m1/s1. The van der Waals surface area contributed by atoms with E-state index in [4.69, 9.17) is 0 Å². The number of hydrogen-bond donors (Lipinski definition) is 0. The molecule has 28 heavy (non-hydrogen) atoms. The predicted octanol–water partition coefficient (Wildman–Crippen LogP) is 5.32. The summed E-state index contributed by atoms with van der Waals surface area (Å²) < 4.78 is 14.8. The van der Waals surface area contributed by atoms with Gasteiger partial charge >= 0.3 is 0 Å². The Bertz CT molecular complexity index is 951. The van der Waals surface area contributed by atoms with Gasteiger partial charge in [-0.15, -0.1) is 0 Å². The Labute approximate surface area is 167 Å². The summed E-state index contributed by atoms with van der Waals surface area (Å²) in [5, 5.41) is 1.40. The predicted molar refractivity (Wildman–Crippen MR) is 118 cm³/mol. The van der Waals surface area contributed by atoms with Crippen LogP contribution in [0.4, 0.5) is 0 Å². The first-order valence-electron chi connectivity index (χ1n) is 9.42. The summed E-state index contributed by atoms with van der Waals surface area (Å²) in [5.74, 6) is -0.371. The largest absolute Gasteiger partial charge is 0.313 e. The average molecular weight is 388 g/mol. The molecule has 0 fully saturated rings. The maximum atomic E-state index is 14.8. The molecule has 0 unspecified atom stereocenters. The first-order chi connectivity index (χ1) is 13.5. The molecular weight excluding hydrogens is 363 g/mol. The first-order valence-corrected chi connectivity index (χ1v) is 11.2. The summed E-state index contributed by atoms with van der Waals surface area (Å²) in [6, 6.07) is 28.6. The van der Waals surface area contributed by atoms with Crippen LogP contribution in [0.1, 0.15) is 25.3 Å². The van der Waals surface area contributed by atoms with E-state index < -0.39 is 12.8 Å². The van der Waals surface area contributed by atoms with Gasteiger partial charge in [-0.05, 0) is 24.0 Å². The molecule has 3 rings (SSSR count). The fourth-order valence-electron chi connectivity index (χ4n) is 3.67. The summed E-state index contributed by atoms with van der Waals surface area (Å²) in [6.45, 7) is 7.57. The van der Waals surface area contributed by atoms with E-state index in [9.17, 15) is 9.36 Å². The zero-order valence-electron chi connectivity index (χ0n) is 16.3. The van der Waals surface area contributed by atoms with Gasteiger partial charge in [0.25, 0.3) is 0 Å². The van der Waals surface area contributed by atoms with E-state index >= 15 is 0 Å². The lowest BCUT2D eigenvalue weighted by Gasteiger charge is -2.32. The lowest BCUT2D eigenvalue weighted by atomic mass is 9.93. The van der Waals surface area contributed by atoms with Crippen LogP contribution in [0.2, 0.25) is 0 Å². The van der Waals surface area contributed by atoms with Gasteiger partial charge in [-0.3, -0.25) is 4.79 Å². The molecule has 0 amide bonds. The van der Waals surface area contributed by atoms with Crippen LogP contribution in [0, 0.1) is 0 Å². The minimum atomic E-state index is -3.28. The van der Waals surface area contributed by atoms with Crippen LogP contribution in [0.3, 0.4) is 0 Å². The molecule has 3 heteroatoms. The highest BCUT2D eigenvalue weighted by Crippen LogP contribution is 2.54. The third-order valence-electron chi connectivity index (χ3n) is 5.16. The zero-order valence-corrected chi connectivity index (χ0v) is 17.2. The summed E-state index contributed by atoms with van der Waals surface area (Å²) in [5.41, 5.74) is 0.714. The minimum absolute atomic E-state index is 0.146. The van der Waals surface area contributed by atoms with Crippen molar-refractivity contribution >= 4 is 23.5 Å². The van der Waals surface area contributed by atoms with E-state index in [-0.39, 0.29) is 11.7 Å². The van der Waals surface area contributed by atoms with Gasteiger partial charge < -0.3 is 4.57 Å². The van der Waals surface area contributed by atoms with Gasteiger partial charge in [0.15, 0.2) is 12.9 Å². The maximum Gasteiger partial charge on any atom is 0.169 e. The molecule has 0 aliphatic rings. The Morgan fingerprint density at radius 1 is 0.786 bits per heavy atom. The second-order valence-electron chi connectivity index (χ2n) is 7.12. The molecule has 0 heterocycles. The first kappa shape index (κ1) is 20.0. The van der Waals surface area contributed by atoms with Crippen molar-refractivity contribution in [1.29, 1.82) is 0 Å². The fourth-order valence-corrected chi connectivity index (χ4v) is 7.19. The van der Waals surface area contributed by atoms with Crippen molar-refractivity contribution in [2.24, 2.45) is 0 Å². The number of rotatable bonds is 7. The lowest BCUT2D eigenvalue weighted by Crippen LogP contribution is -2.36. The molecule has 0 aromatic heterocycles. The lowest BCUT2D eigenvalue weighted by molar-refractivity contribution is -0.115. The Morgan fingerprint density at radius 3 is 1.57 bits per heavy atom. The summed E-state index contributed by atoms with van der Waals surface area (Å²) in [6.07, 6.45) is 0. The molecule has 0 radical (unpaired) electrons. The van der Waals surface area contributed by atoms with Gasteiger partial charge in [0, 0.05) is 10.6 Å². The van der Waals surface area contributed by atoms with Crippen molar-refractivity contribution < 1.29 is 9.36 Å². The van der Waals surface area contributed by atoms with Crippen LogP contribution in [0.25, 0.3) is 0 Å². The molecule has 142 valence electrons. The van der Waals surface area contributed by atoms with Gasteiger partial charge in [0.05, 0.1) is 5.66 Å². The van der Waals surface area contributed by atoms with E-state index in [0.29, 0.717) is 16.2 Å². The molecule has 3 aromatic rings. The SMILES string of the molecule is C=C(C)C(=O)[C@H]([C@H](C)c1ccccc1)P(=O)(c1ccccc1)c1ccccc1. The molecule has 2 atom stereocenters. The summed E-state index contributed by atoms with van der Waals surface area (Å²) in [7, 11) is -3.28.